The van der Waals surface area contributed by atoms with E-state index in [1.807, 2.05) is 11.8 Å². The van der Waals surface area contributed by atoms with Crippen molar-refractivity contribution in [2.75, 3.05) is 24.6 Å². The minimum atomic E-state index is -0.0174. The maximum absolute atomic E-state index is 9.95. The normalized spacial score (nSPS) is 41.1. The fraction of sp³-hybridized carbons (Fsp3) is 1.00. The number of rotatable bonds is 1. The summed E-state index contributed by atoms with van der Waals surface area (Å²) < 4.78 is 0. The number of piperidine rings is 1. The standard InChI is InChI=1S/C10H19NOS/c1-7(2)11-3-8-5-13-6-9(4-11)10(8)12/h7-10,12H,3-6H2,1-2H3. The smallest absolute Gasteiger partial charge is 0.0636 e. The molecule has 2 nitrogen and oxygen atoms in total. The van der Waals surface area contributed by atoms with Gasteiger partial charge in [0.25, 0.3) is 0 Å². The molecule has 13 heavy (non-hydrogen) atoms. The average Bonchev–Trinajstić information content (AvgIpc) is 2.02. The van der Waals surface area contributed by atoms with Gasteiger partial charge in [0, 0.05) is 31.0 Å². The lowest BCUT2D eigenvalue weighted by atomic mass is 9.87. The molecule has 0 saturated carbocycles. The minimum absolute atomic E-state index is 0.0174. The molecule has 2 fully saturated rings. The highest BCUT2D eigenvalue weighted by molar-refractivity contribution is 7.99. The van der Waals surface area contributed by atoms with Crippen molar-refractivity contribution in [3.05, 3.63) is 0 Å². The fourth-order valence-electron chi connectivity index (χ4n) is 2.37. The van der Waals surface area contributed by atoms with Gasteiger partial charge in [-0.25, -0.2) is 0 Å². The molecule has 0 aromatic heterocycles. The van der Waals surface area contributed by atoms with Crippen LogP contribution in [-0.4, -0.2) is 46.7 Å². The molecule has 0 aliphatic carbocycles. The van der Waals surface area contributed by atoms with E-state index in [1.54, 1.807) is 0 Å². The Kier molecular flexibility index (Phi) is 2.86. The Labute approximate surface area is 84.7 Å². The number of hydrogen-bond donors (Lipinski definition) is 1. The molecule has 2 aliphatic heterocycles. The third kappa shape index (κ3) is 1.88. The third-order valence-electron chi connectivity index (χ3n) is 3.30. The van der Waals surface area contributed by atoms with E-state index in [1.165, 1.54) is 0 Å². The van der Waals surface area contributed by atoms with Crippen LogP contribution in [0.3, 0.4) is 0 Å². The van der Waals surface area contributed by atoms with Crippen LogP contribution in [0.4, 0.5) is 0 Å². The number of hydrogen-bond acceptors (Lipinski definition) is 3. The van der Waals surface area contributed by atoms with Crippen LogP contribution >= 0.6 is 11.8 Å². The Morgan fingerprint density at radius 3 is 2.23 bits per heavy atom. The van der Waals surface area contributed by atoms with Crippen LogP contribution in [0.5, 0.6) is 0 Å². The summed E-state index contributed by atoms with van der Waals surface area (Å²) in [7, 11) is 0. The lowest BCUT2D eigenvalue weighted by Gasteiger charge is -2.46. The summed E-state index contributed by atoms with van der Waals surface area (Å²) in [5.74, 6) is 3.36. The third-order valence-corrected chi connectivity index (χ3v) is 4.63. The minimum Gasteiger partial charge on any atom is -0.392 e. The van der Waals surface area contributed by atoms with Crippen molar-refractivity contribution in [3.8, 4) is 0 Å². The van der Waals surface area contributed by atoms with Gasteiger partial charge in [-0.05, 0) is 25.4 Å². The van der Waals surface area contributed by atoms with Crippen molar-refractivity contribution in [3.63, 3.8) is 0 Å². The van der Waals surface area contributed by atoms with E-state index >= 15 is 0 Å². The van der Waals surface area contributed by atoms with Gasteiger partial charge in [-0.15, -0.1) is 0 Å². The fourth-order valence-corrected chi connectivity index (χ4v) is 3.72. The van der Waals surface area contributed by atoms with Crippen LogP contribution in [0.25, 0.3) is 0 Å². The molecule has 2 rings (SSSR count). The van der Waals surface area contributed by atoms with Crippen molar-refractivity contribution in [2.24, 2.45) is 11.8 Å². The van der Waals surface area contributed by atoms with Crippen molar-refractivity contribution < 1.29 is 5.11 Å². The first-order chi connectivity index (χ1) is 6.18. The number of fused-ring (bicyclic) bond motifs is 2. The highest BCUT2D eigenvalue weighted by Gasteiger charge is 2.39. The Morgan fingerprint density at radius 2 is 1.77 bits per heavy atom. The van der Waals surface area contributed by atoms with Crippen LogP contribution in [-0.2, 0) is 0 Å². The second-order valence-corrected chi connectivity index (χ2v) is 5.67. The summed E-state index contributed by atoms with van der Waals surface area (Å²) >= 11 is 2.02. The van der Waals surface area contributed by atoms with Crippen LogP contribution in [0.2, 0.25) is 0 Å². The Morgan fingerprint density at radius 1 is 1.23 bits per heavy atom. The molecule has 2 unspecified atom stereocenters. The highest BCUT2D eigenvalue weighted by Crippen LogP contribution is 2.33. The lowest BCUT2D eigenvalue weighted by Crippen LogP contribution is -2.55. The number of aliphatic hydroxyl groups excluding tert-OH is 1. The Hall–Kier alpha value is 0.270. The van der Waals surface area contributed by atoms with Crippen LogP contribution in [0.1, 0.15) is 13.8 Å². The second kappa shape index (κ2) is 3.79. The average molecular weight is 201 g/mol. The summed E-state index contributed by atoms with van der Waals surface area (Å²) in [6.45, 7) is 6.70. The van der Waals surface area contributed by atoms with Gasteiger partial charge in [0.1, 0.15) is 0 Å². The Balaban J connectivity index is 2.03. The molecular formula is C10H19NOS. The molecule has 0 amide bonds. The molecule has 3 heteroatoms. The van der Waals surface area contributed by atoms with E-state index in [0.717, 1.165) is 24.6 Å². The zero-order valence-electron chi connectivity index (χ0n) is 8.44. The van der Waals surface area contributed by atoms with E-state index in [9.17, 15) is 5.11 Å². The quantitative estimate of drug-likeness (QED) is 0.686. The maximum Gasteiger partial charge on any atom is 0.0636 e. The van der Waals surface area contributed by atoms with E-state index in [2.05, 4.69) is 18.7 Å². The molecule has 2 aliphatic rings. The molecule has 2 saturated heterocycles. The van der Waals surface area contributed by atoms with Gasteiger partial charge in [0.2, 0.25) is 0 Å². The zero-order chi connectivity index (χ0) is 9.42. The summed E-state index contributed by atoms with van der Waals surface area (Å²) in [4.78, 5) is 2.52. The van der Waals surface area contributed by atoms with E-state index in [-0.39, 0.29) is 6.10 Å². The molecule has 0 aromatic carbocycles. The van der Waals surface area contributed by atoms with E-state index in [0.29, 0.717) is 17.9 Å². The monoisotopic (exact) mass is 201 g/mol. The largest absolute Gasteiger partial charge is 0.392 e. The first-order valence-electron chi connectivity index (χ1n) is 5.18. The summed E-state index contributed by atoms with van der Waals surface area (Å²) in [5.41, 5.74) is 0. The van der Waals surface area contributed by atoms with Crippen LogP contribution in [0.15, 0.2) is 0 Å². The predicted molar refractivity (Wildman–Crippen MR) is 57.0 cm³/mol. The summed E-state index contributed by atoms with van der Waals surface area (Å²) in [6, 6.07) is 0.639. The molecule has 0 spiro atoms. The van der Waals surface area contributed by atoms with Gasteiger partial charge in [-0.1, -0.05) is 0 Å². The highest BCUT2D eigenvalue weighted by atomic mass is 32.2. The number of aliphatic hydroxyl groups is 1. The number of likely N-dealkylation sites (tertiary alicyclic amines) is 1. The molecule has 2 bridgehead atoms. The second-order valence-electron chi connectivity index (χ2n) is 4.60. The van der Waals surface area contributed by atoms with Gasteiger partial charge in [-0.3, -0.25) is 0 Å². The lowest BCUT2D eigenvalue weighted by molar-refractivity contribution is -0.0184. The summed E-state index contributed by atoms with van der Waals surface area (Å²) in [6.07, 6.45) is -0.0174. The molecule has 2 heterocycles. The zero-order valence-corrected chi connectivity index (χ0v) is 9.26. The molecule has 2 atom stereocenters. The van der Waals surface area contributed by atoms with Gasteiger partial charge >= 0.3 is 0 Å². The molecule has 76 valence electrons. The molecule has 0 aromatic rings. The summed E-state index contributed by atoms with van der Waals surface area (Å²) in [5, 5.41) is 9.95. The van der Waals surface area contributed by atoms with E-state index in [4.69, 9.17) is 0 Å². The topological polar surface area (TPSA) is 23.5 Å². The first-order valence-corrected chi connectivity index (χ1v) is 6.34. The van der Waals surface area contributed by atoms with Crippen molar-refractivity contribution in [1.82, 2.24) is 4.90 Å². The molecule has 1 N–H and O–H groups in total. The number of thioether (sulfide) groups is 1. The van der Waals surface area contributed by atoms with Crippen molar-refractivity contribution >= 4 is 11.8 Å². The first kappa shape index (κ1) is 9.81. The van der Waals surface area contributed by atoms with Crippen molar-refractivity contribution in [2.45, 2.75) is 26.0 Å². The molecular weight excluding hydrogens is 182 g/mol. The van der Waals surface area contributed by atoms with Gasteiger partial charge < -0.3 is 10.0 Å². The van der Waals surface area contributed by atoms with Crippen LogP contribution < -0.4 is 0 Å². The van der Waals surface area contributed by atoms with Crippen LogP contribution in [0, 0.1) is 11.8 Å². The predicted octanol–water partition coefficient (Wildman–Crippen LogP) is 1.05. The van der Waals surface area contributed by atoms with Gasteiger partial charge in [-0.2, -0.15) is 11.8 Å². The van der Waals surface area contributed by atoms with Gasteiger partial charge in [0.15, 0.2) is 0 Å². The Bertz CT molecular complexity index is 172. The number of nitrogens with zero attached hydrogens (tertiary/aromatic N) is 1. The van der Waals surface area contributed by atoms with Crippen molar-refractivity contribution in [1.29, 1.82) is 0 Å². The van der Waals surface area contributed by atoms with E-state index < -0.39 is 0 Å². The SMILES string of the molecule is CC(C)N1CC2CSCC(C1)C2O. The molecule has 0 radical (unpaired) electrons. The maximum atomic E-state index is 9.95. The van der Waals surface area contributed by atoms with Gasteiger partial charge in [0.05, 0.1) is 6.10 Å².